The number of aromatic nitrogens is 2. The monoisotopic (exact) mass is 564 g/mol. The van der Waals surface area contributed by atoms with E-state index in [9.17, 15) is 14.3 Å². The van der Waals surface area contributed by atoms with Crippen molar-refractivity contribution in [3.63, 3.8) is 0 Å². The van der Waals surface area contributed by atoms with Gasteiger partial charge in [0, 0.05) is 29.0 Å². The van der Waals surface area contributed by atoms with Gasteiger partial charge in [0.25, 0.3) is 0 Å². The molecule has 1 aromatic heterocycles. The second-order valence-electron chi connectivity index (χ2n) is 8.95. The van der Waals surface area contributed by atoms with E-state index in [1.54, 1.807) is 31.4 Å². The number of fused-ring (bicyclic) bond motifs is 2. The minimum atomic E-state index is -0.838. The summed E-state index contributed by atoms with van der Waals surface area (Å²) >= 11 is 9.23. The van der Waals surface area contributed by atoms with Crippen molar-refractivity contribution in [1.29, 1.82) is 0 Å². The number of anilines is 2. The van der Waals surface area contributed by atoms with Crippen molar-refractivity contribution >= 4 is 56.0 Å². The van der Waals surface area contributed by atoms with Crippen molar-refractivity contribution in [3.8, 4) is 11.5 Å². The van der Waals surface area contributed by atoms with Crippen molar-refractivity contribution in [2.24, 2.45) is 17.8 Å². The smallest absolute Gasteiger partial charge is 0.407 e. The predicted molar refractivity (Wildman–Crippen MR) is 133 cm³/mol. The van der Waals surface area contributed by atoms with Crippen LogP contribution in [-0.2, 0) is 0 Å². The highest BCUT2D eigenvalue weighted by molar-refractivity contribution is 9.10. The van der Waals surface area contributed by atoms with Crippen LogP contribution in [0.4, 0.5) is 20.7 Å². The molecule has 3 aromatic rings. The Morgan fingerprint density at radius 3 is 2.69 bits per heavy atom. The van der Waals surface area contributed by atoms with E-state index in [-0.39, 0.29) is 10.7 Å². The number of carboxylic acid groups (broad SMARTS) is 1. The van der Waals surface area contributed by atoms with Crippen LogP contribution in [-0.4, -0.2) is 52.9 Å². The molecule has 0 radical (unpaired) electrons. The van der Waals surface area contributed by atoms with E-state index < -0.39 is 11.9 Å². The van der Waals surface area contributed by atoms with Gasteiger partial charge in [0.1, 0.15) is 12.1 Å². The molecule has 0 unspecified atom stereocenters. The first-order chi connectivity index (χ1) is 16.8. The lowest BCUT2D eigenvalue weighted by atomic mass is 10.0. The molecule has 3 atom stereocenters. The molecule has 5 rings (SSSR count). The molecule has 2 aliphatic rings. The number of methoxy groups -OCH3 is 1. The molecule has 2 heterocycles. The van der Waals surface area contributed by atoms with Gasteiger partial charge < -0.3 is 24.8 Å². The maximum atomic E-state index is 14.6. The van der Waals surface area contributed by atoms with Gasteiger partial charge in [-0.05, 0) is 64.7 Å². The Morgan fingerprint density at radius 1 is 1.26 bits per heavy atom. The SMILES string of the molecule is COc1cc2c(Nc3ccc(Br)c(Cl)c3F)ncnc2cc1OC[C@@H]1C[C@@H]2CN(C(=O)O)C[C@@H]2C1. The Balaban J connectivity index is 1.33. The van der Waals surface area contributed by atoms with Gasteiger partial charge in [0.05, 0.1) is 29.9 Å². The van der Waals surface area contributed by atoms with Gasteiger partial charge in [-0.2, -0.15) is 0 Å². The summed E-state index contributed by atoms with van der Waals surface area (Å²) in [7, 11) is 1.56. The summed E-state index contributed by atoms with van der Waals surface area (Å²) in [5.74, 6) is 2.04. The Hall–Kier alpha value is -2.85. The van der Waals surface area contributed by atoms with E-state index in [0.29, 0.717) is 70.1 Å². The molecular weight excluding hydrogens is 543 g/mol. The molecule has 2 N–H and O–H groups in total. The summed E-state index contributed by atoms with van der Waals surface area (Å²) in [4.78, 5) is 21.4. The Kier molecular flexibility index (Phi) is 6.59. The lowest BCUT2D eigenvalue weighted by molar-refractivity contribution is 0.149. The normalized spacial score (nSPS) is 21.3. The zero-order valence-corrected chi connectivity index (χ0v) is 21.1. The molecule has 0 bridgehead atoms. The summed E-state index contributed by atoms with van der Waals surface area (Å²) in [6, 6.07) is 6.77. The Morgan fingerprint density at radius 2 is 2.00 bits per heavy atom. The molecule has 0 spiro atoms. The number of hydrogen-bond donors (Lipinski definition) is 2. The van der Waals surface area contributed by atoms with Crippen LogP contribution >= 0.6 is 27.5 Å². The quantitative estimate of drug-likeness (QED) is 0.356. The summed E-state index contributed by atoms with van der Waals surface area (Å²) in [6.07, 6.45) is 2.45. The third kappa shape index (κ3) is 4.69. The minimum absolute atomic E-state index is 0.0200. The molecule has 8 nitrogen and oxygen atoms in total. The highest BCUT2D eigenvalue weighted by Gasteiger charge is 2.42. The van der Waals surface area contributed by atoms with Crippen LogP contribution in [0.25, 0.3) is 10.9 Å². The molecule has 1 aliphatic heterocycles. The molecule has 1 aliphatic carbocycles. The Bertz CT molecular complexity index is 1280. The number of ether oxygens (including phenoxy) is 2. The van der Waals surface area contributed by atoms with Gasteiger partial charge in [0.15, 0.2) is 17.3 Å². The predicted octanol–water partition coefficient (Wildman–Crippen LogP) is 5.95. The van der Waals surface area contributed by atoms with E-state index in [1.807, 2.05) is 0 Å². The number of nitrogens with one attached hydrogen (secondary N) is 1. The third-order valence-electron chi connectivity index (χ3n) is 6.80. The van der Waals surface area contributed by atoms with E-state index >= 15 is 0 Å². The average Bonchev–Trinajstić information content (AvgIpc) is 3.42. The average molecular weight is 566 g/mol. The maximum absolute atomic E-state index is 14.6. The number of nitrogens with zero attached hydrogens (tertiary/aromatic N) is 3. The van der Waals surface area contributed by atoms with Crippen LogP contribution in [0.15, 0.2) is 35.1 Å². The van der Waals surface area contributed by atoms with Gasteiger partial charge in [-0.3, -0.25) is 0 Å². The van der Waals surface area contributed by atoms with Gasteiger partial charge in [-0.1, -0.05) is 11.6 Å². The molecule has 1 saturated carbocycles. The van der Waals surface area contributed by atoms with Crippen molar-refractivity contribution in [2.75, 3.05) is 32.1 Å². The molecule has 1 saturated heterocycles. The fraction of sp³-hybridized carbons (Fsp3) is 0.375. The largest absolute Gasteiger partial charge is 0.493 e. The standard InChI is InChI=1S/C24H23BrClFN4O4/c1-34-19-6-15-18(28-11-29-23(15)30-17-3-2-16(25)21(26)22(17)27)7-20(19)35-10-12-4-13-8-31(24(32)33)9-14(13)5-12/h2-3,6-7,11-14H,4-5,8-10H2,1H3,(H,32,33)(H,28,29,30)/t12-,13-,14+. The molecule has 2 fully saturated rings. The fourth-order valence-electron chi connectivity index (χ4n) is 5.11. The lowest BCUT2D eigenvalue weighted by Crippen LogP contribution is -2.28. The first kappa shape index (κ1) is 23.9. The van der Waals surface area contributed by atoms with Crippen LogP contribution in [0, 0.1) is 23.6 Å². The van der Waals surface area contributed by atoms with Gasteiger partial charge >= 0.3 is 6.09 Å². The fourth-order valence-corrected chi connectivity index (χ4v) is 5.58. The van der Waals surface area contributed by atoms with Crippen molar-refractivity contribution in [1.82, 2.24) is 14.9 Å². The van der Waals surface area contributed by atoms with Crippen molar-refractivity contribution < 1.29 is 23.8 Å². The Labute approximate surface area is 214 Å². The summed E-state index contributed by atoms with van der Waals surface area (Å²) in [6.45, 7) is 1.72. The van der Waals surface area contributed by atoms with Crippen LogP contribution < -0.4 is 14.8 Å². The van der Waals surface area contributed by atoms with E-state index in [4.69, 9.17) is 21.1 Å². The molecular formula is C24H23BrClFN4O4. The van der Waals surface area contributed by atoms with E-state index in [2.05, 4.69) is 31.2 Å². The highest BCUT2D eigenvalue weighted by atomic mass is 79.9. The maximum Gasteiger partial charge on any atom is 0.407 e. The molecule has 11 heteroatoms. The van der Waals surface area contributed by atoms with E-state index in [1.165, 1.54) is 11.2 Å². The molecule has 35 heavy (non-hydrogen) atoms. The topological polar surface area (TPSA) is 96.8 Å². The lowest BCUT2D eigenvalue weighted by Gasteiger charge is -2.18. The van der Waals surface area contributed by atoms with Crippen molar-refractivity contribution in [2.45, 2.75) is 12.8 Å². The van der Waals surface area contributed by atoms with Gasteiger partial charge in [-0.15, -0.1) is 0 Å². The number of hydrogen-bond acceptors (Lipinski definition) is 6. The van der Waals surface area contributed by atoms with Crippen LogP contribution in [0.5, 0.6) is 11.5 Å². The summed E-state index contributed by atoms with van der Waals surface area (Å²) < 4.78 is 26.8. The second kappa shape index (κ2) is 9.66. The number of likely N-dealkylation sites (tertiary alicyclic amines) is 1. The zero-order chi connectivity index (χ0) is 24.7. The molecule has 184 valence electrons. The molecule has 2 aromatic carbocycles. The molecule has 1 amide bonds. The number of halogens is 3. The minimum Gasteiger partial charge on any atom is -0.493 e. The summed E-state index contributed by atoms with van der Waals surface area (Å²) in [5.41, 5.74) is 0.799. The van der Waals surface area contributed by atoms with Gasteiger partial charge in [0.2, 0.25) is 0 Å². The number of benzene rings is 2. The number of carbonyl (C=O) groups is 1. The third-order valence-corrected chi connectivity index (χ3v) is 8.06. The first-order valence-electron chi connectivity index (χ1n) is 11.2. The van der Waals surface area contributed by atoms with Gasteiger partial charge in [-0.25, -0.2) is 19.2 Å². The van der Waals surface area contributed by atoms with E-state index in [0.717, 1.165) is 12.8 Å². The van der Waals surface area contributed by atoms with Crippen LogP contribution in [0.2, 0.25) is 5.02 Å². The second-order valence-corrected chi connectivity index (χ2v) is 10.2. The van der Waals surface area contributed by atoms with Crippen LogP contribution in [0.3, 0.4) is 0 Å². The number of amides is 1. The first-order valence-corrected chi connectivity index (χ1v) is 12.3. The van der Waals surface area contributed by atoms with Crippen LogP contribution in [0.1, 0.15) is 12.8 Å². The van der Waals surface area contributed by atoms with Crippen molar-refractivity contribution in [3.05, 3.63) is 45.9 Å². The highest BCUT2D eigenvalue weighted by Crippen LogP contribution is 2.43. The number of rotatable bonds is 6. The zero-order valence-electron chi connectivity index (χ0n) is 18.8. The summed E-state index contributed by atoms with van der Waals surface area (Å²) in [5, 5.41) is 12.8.